The first-order chi connectivity index (χ1) is 14.7. The minimum Gasteiger partial charge on any atom is -0.378 e. The lowest BCUT2D eigenvalue weighted by atomic mass is 10.0. The molecular formula is C24H23FN4O. The van der Waals surface area contributed by atoms with Crippen LogP contribution in [0.3, 0.4) is 0 Å². The molecule has 6 heteroatoms. The van der Waals surface area contributed by atoms with Gasteiger partial charge < -0.3 is 19.5 Å². The number of pyridine rings is 1. The summed E-state index contributed by atoms with van der Waals surface area (Å²) >= 11 is 0. The first-order valence-corrected chi connectivity index (χ1v) is 10.5. The fraction of sp³-hybridized carbons (Fsp3) is 0.292. The summed E-state index contributed by atoms with van der Waals surface area (Å²) in [5.41, 5.74) is 4.59. The van der Waals surface area contributed by atoms with Crippen molar-refractivity contribution in [2.75, 3.05) is 42.6 Å². The van der Waals surface area contributed by atoms with E-state index in [9.17, 15) is 4.39 Å². The molecule has 6 rings (SSSR count). The summed E-state index contributed by atoms with van der Waals surface area (Å²) in [6.45, 7) is 5.06. The number of fused-ring (bicyclic) bond motifs is 4. The highest BCUT2D eigenvalue weighted by molar-refractivity contribution is 5.88. The smallest absolute Gasteiger partial charge is 0.129 e. The number of H-pyrrole nitrogens is 1. The second-order valence-electron chi connectivity index (χ2n) is 8.12. The highest BCUT2D eigenvalue weighted by Gasteiger charge is 2.21. The molecule has 1 N–H and O–H groups in total. The van der Waals surface area contributed by atoms with E-state index in [-0.39, 0.29) is 5.82 Å². The Hall–Kier alpha value is -3.12. The molecule has 2 aliphatic rings. The molecule has 5 nitrogen and oxygen atoms in total. The van der Waals surface area contributed by atoms with Gasteiger partial charge in [0.15, 0.2) is 0 Å². The third kappa shape index (κ3) is 2.99. The van der Waals surface area contributed by atoms with Gasteiger partial charge in [0, 0.05) is 72.0 Å². The molecular weight excluding hydrogens is 379 g/mol. The number of nitrogens with zero attached hydrogens (tertiary/aromatic N) is 3. The molecule has 2 aromatic carbocycles. The first kappa shape index (κ1) is 17.7. The normalized spacial score (nSPS) is 17.0. The molecule has 4 aromatic rings. The Bertz CT molecular complexity index is 1240. The minimum absolute atomic E-state index is 0.198. The van der Waals surface area contributed by atoms with Crippen molar-refractivity contribution in [2.24, 2.45) is 0 Å². The molecule has 0 radical (unpaired) electrons. The zero-order valence-electron chi connectivity index (χ0n) is 16.7. The minimum atomic E-state index is -0.198. The molecule has 0 saturated carbocycles. The zero-order valence-corrected chi connectivity index (χ0v) is 16.7. The quantitative estimate of drug-likeness (QED) is 0.544. The van der Waals surface area contributed by atoms with E-state index in [1.54, 1.807) is 12.1 Å². The Morgan fingerprint density at radius 1 is 0.933 bits per heavy atom. The summed E-state index contributed by atoms with van der Waals surface area (Å²) in [7, 11) is 0. The predicted molar refractivity (Wildman–Crippen MR) is 118 cm³/mol. The van der Waals surface area contributed by atoms with Crippen molar-refractivity contribution < 1.29 is 9.13 Å². The average molecular weight is 402 g/mol. The molecule has 30 heavy (non-hydrogen) atoms. The van der Waals surface area contributed by atoms with Crippen LogP contribution in [-0.4, -0.2) is 42.8 Å². The average Bonchev–Trinajstić information content (AvgIpc) is 3.15. The standard InChI is InChI=1S/C24H23FN4O/c25-18-2-4-20-21-15-29(6-5-22(21)27-23(20)13-18)19-3-1-16-12-24(26-14-17(16)11-19)28-7-9-30-10-8-28/h1-4,11-14,27H,5-10,15H2. The van der Waals surface area contributed by atoms with E-state index in [1.807, 2.05) is 12.3 Å². The van der Waals surface area contributed by atoms with Crippen molar-refractivity contribution in [1.29, 1.82) is 0 Å². The topological polar surface area (TPSA) is 44.4 Å². The van der Waals surface area contributed by atoms with Gasteiger partial charge in [-0.25, -0.2) is 9.37 Å². The third-order valence-corrected chi connectivity index (χ3v) is 6.33. The maximum absolute atomic E-state index is 13.6. The molecule has 2 aromatic heterocycles. The predicted octanol–water partition coefficient (Wildman–Crippen LogP) is 4.25. The van der Waals surface area contributed by atoms with Crippen LogP contribution >= 0.6 is 0 Å². The Balaban J connectivity index is 1.30. The summed E-state index contributed by atoms with van der Waals surface area (Å²) in [5.74, 6) is 0.823. The van der Waals surface area contributed by atoms with E-state index in [2.05, 4.69) is 39.0 Å². The Labute approximate surface area is 174 Å². The maximum atomic E-state index is 13.6. The number of ether oxygens (including phenoxy) is 1. The molecule has 0 amide bonds. The van der Waals surface area contributed by atoms with Gasteiger partial charge in [0.25, 0.3) is 0 Å². The van der Waals surface area contributed by atoms with Crippen LogP contribution < -0.4 is 9.80 Å². The SMILES string of the molecule is Fc1ccc2c3c([nH]c2c1)CCN(c1ccc2cc(N4CCOCC4)ncc2c1)C3. The molecule has 0 aliphatic carbocycles. The number of rotatable bonds is 2. The fourth-order valence-corrected chi connectivity index (χ4v) is 4.69. The number of morpholine rings is 1. The van der Waals surface area contributed by atoms with Gasteiger partial charge in [0.2, 0.25) is 0 Å². The van der Waals surface area contributed by atoms with Gasteiger partial charge in [-0.1, -0.05) is 6.07 Å². The van der Waals surface area contributed by atoms with Crippen LogP contribution in [-0.2, 0) is 17.7 Å². The molecule has 2 aliphatic heterocycles. The monoisotopic (exact) mass is 402 g/mol. The van der Waals surface area contributed by atoms with Gasteiger partial charge in [-0.3, -0.25) is 0 Å². The summed E-state index contributed by atoms with van der Waals surface area (Å²) in [6.07, 6.45) is 2.91. The number of aromatic nitrogens is 2. The van der Waals surface area contributed by atoms with Crippen molar-refractivity contribution in [3.05, 3.63) is 65.7 Å². The van der Waals surface area contributed by atoms with Crippen LogP contribution in [0, 0.1) is 5.82 Å². The van der Waals surface area contributed by atoms with Gasteiger partial charge in [0.1, 0.15) is 11.6 Å². The number of aromatic amines is 1. The van der Waals surface area contributed by atoms with Gasteiger partial charge in [-0.2, -0.15) is 0 Å². The van der Waals surface area contributed by atoms with Gasteiger partial charge in [0.05, 0.1) is 13.2 Å². The Kier molecular flexibility index (Phi) is 4.13. The number of halogens is 1. The van der Waals surface area contributed by atoms with Crippen molar-refractivity contribution in [3.63, 3.8) is 0 Å². The number of nitrogens with one attached hydrogen (secondary N) is 1. The van der Waals surface area contributed by atoms with Gasteiger partial charge in [-0.05, 0) is 41.8 Å². The molecule has 0 bridgehead atoms. The van der Waals surface area contributed by atoms with Crippen LogP contribution in [0.4, 0.5) is 15.9 Å². The number of benzene rings is 2. The molecule has 1 saturated heterocycles. The van der Waals surface area contributed by atoms with E-state index in [0.29, 0.717) is 0 Å². The summed E-state index contributed by atoms with van der Waals surface area (Å²) in [5, 5.41) is 3.47. The Morgan fingerprint density at radius 3 is 2.73 bits per heavy atom. The van der Waals surface area contributed by atoms with Crippen molar-refractivity contribution >= 4 is 33.2 Å². The first-order valence-electron chi connectivity index (χ1n) is 10.5. The van der Waals surface area contributed by atoms with E-state index in [0.717, 1.165) is 67.9 Å². The van der Waals surface area contributed by atoms with E-state index in [1.165, 1.54) is 22.3 Å². The van der Waals surface area contributed by atoms with E-state index in [4.69, 9.17) is 9.72 Å². The van der Waals surface area contributed by atoms with Crippen LogP contribution in [0.15, 0.2) is 48.7 Å². The molecule has 0 unspecified atom stereocenters. The second-order valence-corrected chi connectivity index (χ2v) is 8.12. The number of hydrogen-bond donors (Lipinski definition) is 1. The third-order valence-electron chi connectivity index (χ3n) is 6.33. The summed E-state index contributed by atoms with van der Waals surface area (Å²) in [6, 6.07) is 13.8. The van der Waals surface area contributed by atoms with Crippen molar-refractivity contribution in [3.8, 4) is 0 Å². The zero-order chi connectivity index (χ0) is 20.1. The van der Waals surface area contributed by atoms with Crippen LogP contribution in [0.5, 0.6) is 0 Å². The lowest BCUT2D eigenvalue weighted by molar-refractivity contribution is 0.122. The van der Waals surface area contributed by atoms with Crippen LogP contribution in [0.2, 0.25) is 0 Å². The highest BCUT2D eigenvalue weighted by Crippen LogP contribution is 2.32. The summed E-state index contributed by atoms with van der Waals surface area (Å²) < 4.78 is 19.0. The fourth-order valence-electron chi connectivity index (χ4n) is 4.69. The molecule has 0 spiro atoms. The number of anilines is 2. The molecule has 0 atom stereocenters. The Morgan fingerprint density at radius 2 is 1.83 bits per heavy atom. The largest absolute Gasteiger partial charge is 0.378 e. The molecule has 152 valence electrons. The highest BCUT2D eigenvalue weighted by atomic mass is 19.1. The molecule has 1 fully saturated rings. The van der Waals surface area contributed by atoms with Gasteiger partial charge in [-0.15, -0.1) is 0 Å². The second kappa shape index (κ2) is 6.99. The molecule has 4 heterocycles. The van der Waals surface area contributed by atoms with E-state index < -0.39 is 0 Å². The van der Waals surface area contributed by atoms with Crippen molar-refractivity contribution in [1.82, 2.24) is 9.97 Å². The van der Waals surface area contributed by atoms with Crippen LogP contribution in [0.1, 0.15) is 11.3 Å². The van der Waals surface area contributed by atoms with E-state index >= 15 is 0 Å². The lowest BCUT2D eigenvalue weighted by Gasteiger charge is -2.30. The summed E-state index contributed by atoms with van der Waals surface area (Å²) in [4.78, 5) is 12.8. The number of hydrogen-bond acceptors (Lipinski definition) is 4. The van der Waals surface area contributed by atoms with Crippen molar-refractivity contribution in [2.45, 2.75) is 13.0 Å². The van der Waals surface area contributed by atoms with Crippen LogP contribution in [0.25, 0.3) is 21.7 Å². The maximum Gasteiger partial charge on any atom is 0.129 e. The van der Waals surface area contributed by atoms with Gasteiger partial charge >= 0.3 is 0 Å². The lowest BCUT2D eigenvalue weighted by Crippen LogP contribution is -2.36.